The van der Waals surface area contributed by atoms with E-state index in [9.17, 15) is 4.79 Å². The van der Waals surface area contributed by atoms with E-state index in [2.05, 4.69) is 19.2 Å². The molecule has 0 unspecified atom stereocenters. The lowest BCUT2D eigenvalue weighted by Gasteiger charge is -2.09. The third-order valence-electron chi connectivity index (χ3n) is 2.94. The molecule has 0 atom stereocenters. The average molecular weight is 291 g/mol. The Morgan fingerprint density at radius 3 is 2.71 bits per heavy atom. The fourth-order valence-electron chi connectivity index (χ4n) is 1.78. The number of nitrogens with one attached hydrogen (secondary N) is 1. The van der Waals surface area contributed by atoms with Crippen LogP contribution in [0.15, 0.2) is 24.3 Å². The monoisotopic (exact) mass is 291 g/mol. The number of methoxy groups -OCH3 is 1. The maximum atomic E-state index is 11.7. The number of hydrogen-bond acceptors (Lipinski definition) is 3. The number of amides is 1. The van der Waals surface area contributed by atoms with Crippen molar-refractivity contribution in [3.8, 4) is 11.5 Å². The molecule has 1 N–H and O–H groups in total. The van der Waals surface area contributed by atoms with Crippen LogP contribution in [0.2, 0.25) is 0 Å². The van der Waals surface area contributed by atoms with Crippen LogP contribution in [-0.2, 0) is 4.79 Å². The topological polar surface area (TPSA) is 47.6 Å². The highest BCUT2D eigenvalue weighted by Gasteiger charge is 2.04. The van der Waals surface area contributed by atoms with Crippen LogP contribution in [0.5, 0.6) is 11.5 Å². The second-order valence-corrected chi connectivity index (χ2v) is 5.15. The fraction of sp³-hybridized carbons (Fsp3) is 0.471. The number of hydrogen-bond donors (Lipinski definition) is 1. The Hall–Kier alpha value is -1.97. The van der Waals surface area contributed by atoms with Crippen LogP contribution < -0.4 is 14.8 Å². The summed E-state index contributed by atoms with van der Waals surface area (Å²) in [7, 11) is 1.61. The number of rotatable bonds is 8. The molecule has 116 valence electrons. The van der Waals surface area contributed by atoms with E-state index >= 15 is 0 Å². The van der Waals surface area contributed by atoms with Gasteiger partial charge in [-0.3, -0.25) is 4.79 Å². The number of carbonyl (C=O) groups is 1. The summed E-state index contributed by atoms with van der Waals surface area (Å²) < 4.78 is 10.7. The molecule has 0 fully saturated rings. The third-order valence-corrected chi connectivity index (χ3v) is 2.94. The summed E-state index contributed by atoms with van der Waals surface area (Å²) >= 11 is 0. The zero-order valence-electron chi connectivity index (χ0n) is 13.3. The molecular weight excluding hydrogens is 266 g/mol. The van der Waals surface area contributed by atoms with E-state index in [0.29, 0.717) is 30.6 Å². The van der Waals surface area contributed by atoms with Crippen LogP contribution in [0.25, 0.3) is 6.08 Å². The lowest BCUT2D eigenvalue weighted by Crippen LogP contribution is -2.23. The quantitative estimate of drug-likeness (QED) is 0.748. The predicted octanol–water partition coefficient (Wildman–Crippen LogP) is 3.27. The second kappa shape index (κ2) is 9.06. The standard InChI is InChI=1S/C17H25NO3/c1-5-21-16-12-14(6-8-15(16)20-4)7-9-17(19)18-11-10-13(2)3/h6-9,12-13H,5,10-11H2,1-4H3,(H,18,19)/b9-7+. The molecule has 0 bridgehead atoms. The van der Waals surface area contributed by atoms with Crippen molar-refractivity contribution < 1.29 is 14.3 Å². The zero-order valence-corrected chi connectivity index (χ0v) is 13.3. The molecule has 0 aliphatic heterocycles. The van der Waals surface area contributed by atoms with E-state index in [-0.39, 0.29) is 5.91 Å². The van der Waals surface area contributed by atoms with Crippen LogP contribution in [0.4, 0.5) is 0 Å². The normalized spacial score (nSPS) is 10.9. The van der Waals surface area contributed by atoms with E-state index in [1.54, 1.807) is 13.2 Å². The molecule has 21 heavy (non-hydrogen) atoms. The first-order valence-corrected chi connectivity index (χ1v) is 7.33. The molecule has 1 aromatic rings. The summed E-state index contributed by atoms with van der Waals surface area (Å²) in [5.41, 5.74) is 0.901. The average Bonchev–Trinajstić information content (AvgIpc) is 2.45. The van der Waals surface area contributed by atoms with Crippen molar-refractivity contribution in [3.05, 3.63) is 29.8 Å². The van der Waals surface area contributed by atoms with Crippen molar-refractivity contribution in [2.45, 2.75) is 27.2 Å². The van der Waals surface area contributed by atoms with Gasteiger partial charge in [0, 0.05) is 12.6 Å². The summed E-state index contributed by atoms with van der Waals surface area (Å²) in [6.07, 6.45) is 4.29. The van der Waals surface area contributed by atoms with Gasteiger partial charge >= 0.3 is 0 Å². The van der Waals surface area contributed by atoms with Crippen LogP contribution in [0, 0.1) is 5.92 Å². The lowest BCUT2D eigenvalue weighted by molar-refractivity contribution is -0.116. The molecular formula is C17H25NO3. The van der Waals surface area contributed by atoms with Gasteiger partial charge in [0.1, 0.15) is 0 Å². The second-order valence-electron chi connectivity index (χ2n) is 5.15. The van der Waals surface area contributed by atoms with E-state index in [1.807, 2.05) is 25.1 Å². The third kappa shape index (κ3) is 6.34. The van der Waals surface area contributed by atoms with Gasteiger partial charge in [-0.05, 0) is 43.0 Å². The van der Waals surface area contributed by atoms with Crippen LogP contribution >= 0.6 is 0 Å². The number of carbonyl (C=O) groups excluding carboxylic acids is 1. The molecule has 0 radical (unpaired) electrons. The van der Waals surface area contributed by atoms with Gasteiger partial charge in [0.05, 0.1) is 13.7 Å². The highest BCUT2D eigenvalue weighted by molar-refractivity contribution is 5.91. The molecule has 1 amide bonds. The summed E-state index contributed by atoms with van der Waals surface area (Å²) in [6, 6.07) is 5.58. The first-order chi connectivity index (χ1) is 10.1. The Morgan fingerprint density at radius 1 is 1.33 bits per heavy atom. The molecule has 0 spiro atoms. The molecule has 0 aliphatic carbocycles. The molecule has 1 aromatic carbocycles. The van der Waals surface area contributed by atoms with Gasteiger partial charge in [0.25, 0.3) is 0 Å². The van der Waals surface area contributed by atoms with Gasteiger partial charge in [-0.1, -0.05) is 19.9 Å². The minimum atomic E-state index is -0.0792. The number of ether oxygens (including phenoxy) is 2. The van der Waals surface area contributed by atoms with Gasteiger partial charge in [-0.2, -0.15) is 0 Å². The smallest absolute Gasteiger partial charge is 0.243 e. The largest absolute Gasteiger partial charge is 0.493 e. The highest BCUT2D eigenvalue weighted by atomic mass is 16.5. The summed E-state index contributed by atoms with van der Waals surface area (Å²) in [4.78, 5) is 11.7. The van der Waals surface area contributed by atoms with Crippen molar-refractivity contribution >= 4 is 12.0 Å². The van der Waals surface area contributed by atoms with E-state index in [0.717, 1.165) is 12.0 Å². The minimum Gasteiger partial charge on any atom is -0.493 e. The predicted molar refractivity (Wildman–Crippen MR) is 85.7 cm³/mol. The van der Waals surface area contributed by atoms with Crippen molar-refractivity contribution in [1.82, 2.24) is 5.32 Å². The van der Waals surface area contributed by atoms with E-state index in [1.165, 1.54) is 6.08 Å². The zero-order chi connectivity index (χ0) is 15.7. The first kappa shape index (κ1) is 17.1. The number of benzene rings is 1. The Balaban J connectivity index is 2.63. The van der Waals surface area contributed by atoms with Crippen molar-refractivity contribution in [1.29, 1.82) is 0 Å². The highest BCUT2D eigenvalue weighted by Crippen LogP contribution is 2.28. The maximum absolute atomic E-state index is 11.7. The molecule has 4 heteroatoms. The lowest BCUT2D eigenvalue weighted by atomic mass is 10.1. The van der Waals surface area contributed by atoms with E-state index in [4.69, 9.17) is 9.47 Å². The molecule has 0 saturated carbocycles. The fourth-order valence-corrected chi connectivity index (χ4v) is 1.78. The summed E-state index contributed by atoms with van der Waals surface area (Å²) in [6.45, 7) is 7.46. The van der Waals surface area contributed by atoms with Gasteiger partial charge in [-0.15, -0.1) is 0 Å². The Kier molecular flexibility index (Phi) is 7.37. The van der Waals surface area contributed by atoms with Crippen molar-refractivity contribution in [2.75, 3.05) is 20.3 Å². The first-order valence-electron chi connectivity index (χ1n) is 7.33. The van der Waals surface area contributed by atoms with Crippen LogP contribution in [-0.4, -0.2) is 26.2 Å². The summed E-state index contributed by atoms with van der Waals surface area (Å²) in [5, 5.41) is 2.86. The Morgan fingerprint density at radius 2 is 2.10 bits per heavy atom. The summed E-state index contributed by atoms with van der Waals surface area (Å²) in [5.74, 6) is 1.88. The SMILES string of the molecule is CCOc1cc(/C=C/C(=O)NCCC(C)C)ccc1OC. The van der Waals surface area contributed by atoms with Gasteiger partial charge in [0.2, 0.25) is 5.91 Å². The Bertz CT molecular complexity index is 481. The van der Waals surface area contributed by atoms with Gasteiger partial charge < -0.3 is 14.8 Å². The van der Waals surface area contributed by atoms with Crippen LogP contribution in [0.3, 0.4) is 0 Å². The van der Waals surface area contributed by atoms with Crippen molar-refractivity contribution in [2.24, 2.45) is 5.92 Å². The molecule has 4 nitrogen and oxygen atoms in total. The molecule has 0 heterocycles. The maximum Gasteiger partial charge on any atom is 0.243 e. The Labute approximate surface area is 127 Å². The van der Waals surface area contributed by atoms with Gasteiger partial charge in [0.15, 0.2) is 11.5 Å². The van der Waals surface area contributed by atoms with Crippen LogP contribution in [0.1, 0.15) is 32.8 Å². The van der Waals surface area contributed by atoms with Gasteiger partial charge in [-0.25, -0.2) is 0 Å². The minimum absolute atomic E-state index is 0.0792. The molecule has 0 aromatic heterocycles. The van der Waals surface area contributed by atoms with Crippen molar-refractivity contribution in [3.63, 3.8) is 0 Å². The molecule has 1 rings (SSSR count). The van der Waals surface area contributed by atoms with E-state index < -0.39 is 0 Å². The molecule has 0 saturated heterocycles. The molecule has 0 aliphatic rings.